The molecular weight excluding hydrogens is 262 g/mol. The number of ether oxygens (including phenoxy) is 2. The predicted octanol–water partition coefficient (Wildman–Crippen LogP) is 1.66. The second-order valence-corrected chi connectivity index (χ2v) is 6.12. The van der Waals surface area contributed by atoms with Crippen molar-refractivity contribution < 1.29 is 14.6 Å². The van der Waals surface area contributed by atoms with Crippen LogP contribution in [0.3, 0.4) is 0 Å². The number of aliphatic hydroxyl groups is 1. The van der Waals surface area contributed by atoms with Gasteiger partial charge in [-0.15, -0.1) is 11.8 Å². The molecule has 2 aliphatic rings. The summed E-state index contributed by atoms with van der Waals surface area (Å²) in [6.07, 6.45) is 1.65. The molecule has 5 heteroatoms. The molecular formula is C14H19NO3S. The zero-order valence-electron chi connectivity index (χ0n) is 10.9. The smallest absolute Gasteiger partial charge is 0.162 e. The van der Waals surface area contributed by atoms with E-state index in [1.54, 1.807) is 11.8 Å². The number of rotatable bonds is 3. The van der Waals surface area contributed by atoms with Crippen LogP contribution in [0.15, 0.2) is 23.1 Å². The zero-order valence-corrected chi connectivity index (χ0v) is 11.7. The Hall–Kier alpha value is -0.910. The molecule has 0 aliphatic carbocycles. The molecule has 0 saturated carbocycles. The van der Waals surface area contributed by atoms with Crippen molar-refractivity contribution >= 4 is 11.8 Å². The summed E-state index contributed by atoms with van der Waals surface area (Å²) in [6, 6.07) is 5.98. The molecule has 0 unspecified atom stereocenters. The largest absolute Gasteiger partial charge is 0.486 e. The summed E-state index contributed by atoms with van der Waals surface area (Å²) in [5, 5.41) is 13.7. The molecule has 0 atom stereocenters. The Bertz CT molecular complexity index is 446. The van der Waals surface area contributed by atoms with E-state index in [2.05, 4.69) is 5.32 Å². The fourth-order valence-corrected chi connectivity index (χ4v) is 3.45. The van der Waals surface area contributed by atoms with Gasteiger partial charge in [-0.3, -0.25) is 0 Å². The molecule has 4 nitrogen and oxygen atoms in total. The van der Waals surface area contributed by atoms with E-state index >= 15 is 0 Å². The minimum atomic E-state index is -0.539. The van der Waals surface area contributed by atoms with Crippen molar-refractivity contribution in [1.82, 2.24) is 5.32 Å². The van der Waals surface area contributed by atoms with Gasteiger partial charge in [0.15, 0.2) is 11.5 Å². The Morgan fingerprint density at radius 3 is 2.68 bits per heavy atom. The van der Waals surface area contributed by atoms with Crippen LogP contribution in [0.2, 0.25) is 0 Å². The van der Waals surface area contributed by atoms with Crippen LogP contribution >= 0.6 is 11.8 Å². The lowest BCUT2D eigenvalue weighted by Crippen LogP contribution is -2.43. The van der Waals surface area contributed by atoms with Gasteiger partial charge in [-0.1, -0.05) is 0 Å². The van der Waals surface area contributed by atoms with Crippen LogP contribution in [0.5, 0.6) is 11.5 Å². The van der Waals surface area contributed by atoms with E-state index in [0.717, 1.165) is 48.1 Å². The van der Waals surface area contributed by atoms with Gasteiger partial charge in [0.2, 0.25) is 0 Å². The molecule has 2 heterocycles. The maximum Gasteiger partial charge on any atom is 0.162 e. The topological polar surface area (TPSA) is 50.7 Å². The Balaban J connectivity index is 1.63. The van der Waals surface area contributed by atoms with Gasteiger partial charge in [0.25, 0.3) is 0 Å². The molecule has 1 aromatic rings. The van der Waals surface area contributed by atoms with Crippen LogP contribution in [0.25, 0.3) is 0 Å². The molecule has 104 valence electrons. The van der Waals surface area contributed by atoms with E-state index in [9.17, 15) is 5.11 Å². The van der Waals surface area contributed by atoms with E-state index in [4.69, 9.17) is 9.47 Å². The van der Waals surface area contributed by atoms with Gasteiger partial charge in [-0.05, 0) is 44.1 Å². The lowest BCUT2D eigenvalue weighted by molar-refractivity contribution is 0.0339. The summed E-state index contributed by atoms with van der Waals surface area (Å²) >= 11 is 1.69. The van der Waals surface area contributed by atoms with Crippen LogP contribution in [0, 0.1) is 0 Å². The number of piperidine rings is 1. The first-order valence-corrected chi connectivity index (χ1v) is 7.69. The third-order valence-corrected chi connectivity index (χ3v) is 4.82. The van der Waals surface area contributed by atoms with E-state index in [0.29, 0.717) is 13.2 Å². The molecule has 0 amide bonds. The lowest BCUT2D eigenvalue weighted by atomic mass is 9.95. The highest BCUT2D eigenvalue weighted by molar-refractivity contribution is 7.99. The van der Waals surface area contributed by atoms with E-state index in [1.807, 2.05) is 18.2 Å². The molecule has 0 aromatic heterocycles. The van der Waals surface area contributed by atoms with Crippen molar-refractivity contribution in [2.45, 2.75) is 23.3 Å². The fraction of sp³-hybridized carbons (Fsp3) is 0.571. The summed E-state index contributed by atoms with van der Waals surface area (Å²) in [5.41, 5.74) is -0.539. The number of benzene rings is 1. The quantitative estimate of drug-likeness (QED) is 0.825. The molecule has 1 aromatic carbocycles. The van der Waals surface area contributed by atoms with Crippen molar-refractivity contribution in [2.75, 3.05) is 32.1 Å². The molecule has 1 saturated heterocycles. The van der Waals surface area contributed by atoms with Gasteiger partial charge < -0.3 is 19.9 Å². The monoisotopic (exact) mass is 281 g/mol. The Morgan fingerprint density at radius 2 is 1.89 bits per heavy atom. The summed E-state index contributed by atoms with van der Waals surface area (Å²) < 4.78 is 11.1. The van der Waals surface area contributed by atoms with Gasteiger partial charge in [0.05, 0.1) is 5.60 Å². The maximum absolute atomic E-state index is 10.5. The minimum Gasteiger partial charge on any atom is -0.486 e. The molecule has 0 bridgehead atoms. The summed E-state index contributed by atoms with van der Waals surface area (Å²) in [4.78, 5) is 1.12. The first kappa shape index (κ1) is 13.1. The number of hydrogen-bond acceptors (Lipinski definition) is 5. The third kappa shape index (κ3) is 3.16. The SMILES string of the molecule is OC1(CSc2ccc3c(c2)OCCO3)CCNCC1. The molecule has 0 radical (unpaired) electrons. The van der Waals surface area contributed by atoms with Crippen LogP contribution in [0.1, 0.15) is 12.8 Å². The Labute approximate surface area is 117 Å². The first-order chi connectivity index (χ1) is 9.25. The number of hydrogen-bond donors (Lipinski definition) is 2. The molecule has 2 N–H and O–H groups in total. The Morgan fingerprint density at radius 1 is 1.16 bits per heavy atom. The third-order valence-electron chi connectivity index (χ3n) is 3.56. The Kier molecular flexibility index (Phi) is 3.86. The molecule has 1 fully saturated rings. The highest BCUT2D eigenvalue weighted by atomic mass is 32.2. The van der Waals surface area contributed by atoms with Gasteiger partial charge in [0.1, 0.15) is 13.2 Å². The van der Waals surface area contributed by atoms with Crippen molar-refractivity contribution in [3.8, 4) is 11.5 Å². The summed E-state index contributed by atoms with van der Waals surface area (Å²) in [7, 11) is 0. The van der Waals surface area contributed by atoms with E-state index in [-0.39, 0.29) is 0 Å². The standard InChI is InChI=1S/C14H19NO3S/c16-14(3-5-15-6-4-14)10-19-11-1-2-12-13(9-11)18-8-7-17-12/h1-2,9,15-16H,3-8,10H2. The maximum atomic E-state index is 10.5. The van der Waals surface area contributed by atoms with Gasteiger partial charge in [-0.2, -0.15) is 0 Å². The highest BCUT2D eigenvalue weighted by Crippen LogP contribution is 2.36. The van der Waals surface area contributed by atoms with Crippen LogP contribution in [-0.4, -0.2) is 42.8 Å². The summed E-state index contributed by atoms with van der Waals surface area (Å²) in [5.74, 6) is 2.36. The summed E-state index contributed by atoms with van der Waals surface area (Å²) in [6.45, 7) is 3.03. The normalized spacial score (nSPS) is 21.1. The lowest BCUT2D eigenvalue weighted by Gasteiger charge is -2.32. The van der Waals surface area contributed by atoms with Crippen molar-refractivity contribution in [3.05, 3.63) is 18.2 Å². The minimum absolute atomic E-state index is 0.539. The van der Waals surface area contributed by atoms with E-state index < -0.39 is 5.60 Å². The zero-order chi connectivity index (χ0) is 13.1. The van der Waals surface area contributed by atoms with E-state index in [1.165, 1.54) is 0 Å². The van der Waals surface area contributed by atoms with Gasteiger partial charge in [-0.25, -0.2) is 0 Å². The second kappa shape index (κ2) is 5.61. The van der Waals surface area contributed by atoms with Crippen molar-refractivity contribution in [1.29, 1.82) is 0 Å². The average molecular weight is 281 g/mol. The number of thioether (sulfide) groups is 1. The highest BCUT2D eigenvalue weighted by Gasteiger charge is 2.29. The molecule has 19 heavy (non-hydrogen) atoms. The van der Waals surface area contributed by atoms with Crippen molar-refractivity contribution in [3.63, 3.8) is 0 Å². The first-order valence-electron chi connectivity index (χ1n) is 6.71. The molecule has 0 spiro atoms. The van der Waals surface area contributed by atoms with Crippen LogP contribution < -0.4 is 14.8 Å². The number of fused-ring (bicyclic) bond motifs is 1. The van der Waals surface area contributed by atoms with Gasteiger partial charge >= 0.3 is 0 Å². The average Bonchev–Trinajstić information content (AvgIpc) is 2.46. The molecule has 3 rings (SSSR count). The number of nitrogens with one attached hydrogen (secondary N) is 1. The van der Waals surface area contributed by atoms with Gasteiger partial charge in [0, 0.05) is 10.6 Å². The molecule has 2 aliphatic heterocycles. The predicted molar refractivity (Wildman–Crippen MR) is 75.2 cm³/mol. The second-order valence-electron chi connectivity index (χ2n) is 5.07. The fourth-order valence-electron chi connectivity index (χ4n) is 2.37. The van der Waals surface area contributed by atoms with Crippen LogP contribution in [0.4, 0.5) is 0 Å². The van der Waals surface area contributed by atoms with Crippen molar-refractivity contribution in [2.24, 2.45) is 0 Å². The van der Waals surface area contributed by atoms with Crippen LogP contribution in [-0.2, 0) is 0 Å².